The zero-order chi connectivity index (χ0) is 17.7. The van der Waals surface area contributed by atoms with Gasteiger partial charge in [0.2, 0.25) is 0 Å². The van der Waals surface area contributed by atoms with Crippen LogP contribution in [0.5, 0.6) is 5.75 Å². The van der Waals surface area contributed by atoms with Gasteiger partial charge in [-0.2, -0.15) is 0 Å². The third-order valence-electron chi connectivity index (χ3n) is 4.87. The molecule has 130 valence electrons. The predicted molar refractivity (Wildman–Crippen MR) is 99.5 cm³/mol. The molecule has 1 aliphatic heterocycles. The number of rotatable bonds is 2. The van der Waals surface area contributed by atoms with Crippen LogP contribution < -0.4 is 4.74 Å². The van der Waals surface area contributed by atoms with Gasteiger partial charge in [0, 0.05) is 37.1 Å². The Morgan fingerprint density at radius 3 is 2.92 bits per heavy atom. The Morgan fingerprint density at radius 1 is 1.44 bits per heavy atom. The van der Waals surface area contributed by atoms with Crippen LogP contribution in [0.15, 0.2) is 23.6 Å². The lowest BCUT2D eigenvalue weighted by Gasteiger charge is -2.28. The molecule has 1 aromatic carbocycles. The minimum Gasteiger partial charge on any atom is -0.482 e. The van der Waals surface area contributed by atoms with Gasteiger partial charge in [-0.3, -0.25) is 4.79 Å². The van der Waals surface area contributed by atoms with Crippen molar-refractivity contribution >= 4 is 28.3 Å². The highest BCUT2D eigenvalue weighted by molar-refractivity contribution is 7.10. The number of benzene rings is 1. The molecule has 1 atom stereocenters. The van der Waals surface area contributed by atoms with Gasteiger partial charge in [0.1, 0.15) is 17.4 Å². The van der Waals surface area contributed by atoms with Crippen molar-refractivity contribution in [1.82, 2.24) is 14.5 Å². The van der Waals surface area contributed by atoms with Crippen LogP contribution in [-0.2, 0) is 13.5 Å². The van der Waals surface area contributed by atoms with E-state index in [1.165, 1.54) is 4.88 Å². The fraction of sp³-hybridized carbons (Fsp3) is 0.368. The summed E-state index contributed by atoms with van der Waals surface area (Å²) in [5, 5.41) is 2.07. The number of thiophene rings is 1. The molecule has 3 aromatic rings. The number of amides is 1. The molecule has 25 heavy (non-hydrogen) atoms. The highest BCUT2D eigenvalue weighted by atomic mass is 32.1. The molecule has 0 aliphatic carbocycles. The molecule has 0 saturated carbocycles. The van der Waals surface area contributed by atoms with Crippen molar-refractivity contribution < 1.29 is 9.53 Å². The molecule has 0 spiro atoms. The zero-order valence-electron chi connectivity index (χ0n) is 14.9. The van der Waals surface area contributed by atoms with Crippen molar-refractivity contribution in [2.24, 2.45) is 7.05 Å². The van der Waals surface area contributed by atoms with Crippen molar-refractivity contribution in [2.45, 2.75) is 25.9 Å². The molecule has 6 heteroatoms. The molecule has 1 amide bonds. The second kappa shape index (κ2) is 5.88. The average Bonchev–Trinajstić information content (AvgIpc) is 3.23. The Labute approximate surface area is 150 Å². The van der Waals surface area contributed by atoms with Crippen LogP contribution in [0, 0.1) is 6.92 Å². The molecule has 0 unspecified atom stereocenters. The first kappa shape index (κ1) is 16.1. The van der Waals surface area contributed by atoms with Crippen molar-refractivity contribution in [2.75, 3.05) is 14.1 Å². The first-order valence-electron chi connectivity index (χ1n) is 8.38. The Hall–Kier alpha value is -2.34. The quantitative estimate of drug-likeness (QED) is 0.704. The van der Waals surface area contributed by atoms with E-state index < -0.39 is 0 Å². The second-order valence-corrected chi connectivity index (χ2v) is 7.66. The molecular weight excluding hydrogens is 334 g/mol. The highest BCUT2D eigenvalue weighted by Crippen LogP contribution is 2.42. The van der Waals surface area contributed by atoms with Crippen molar-refractivity contribution in [3.63, 3.8) is 0 Å². The lowest BCUT2D eigenvalue weighted by molar-refractivity contribution is 0.0824. The zero-order valence-corrected chi connectivity index (χ0v) is 15.7. The molecule has 1 aliphatic rings. The smallest absolute Gasteiger partial charge is 0.253 e. The SMILES string of the molecule is Cc1nc2c3c(c(C(=O)N(C)C)cc2n1C)CC[C@@H](c1cccs1)O3. The van der Waals surface area contributed by atoms with E-state index in [0.29, 0.717) is 0 Å². The first-order valence-corrected chi connectivity index (χ1v) is 9.26. The van der Waals surface area contributed by atoms with Crippen LogP contribution >= 0.6 is 11.3 Å². The number of hydrogen-bond donors (Lipinski definition) is 0. The van der Waals surface area contributed by atoms with E-state index in [4.69, 9.17) is 9.72 Å². The van der Waals surface area contributed by atoms with Gasteiger partial charge in [-0.1, -0.05) is 6.07 Å². The van der Waals surface area contributed by atoms with Crippen molar-refractivity contribution in [1.29, 1.82) is 0 Å². The van der Waals surface area contributed by atoms with Gasteiger partial charge >= 0.3 is 0 Å². The maximum absolute atomic E-state index is 12.7. The fourth-order valence-corrected chi connectivity index (χ4v) is 4.20. The minimum absolute atomic E-state index is 0.00942. The summed E-state index contributed by atoms with van der Waals surface area (Å²) in [6, 6.07) is 6.12. The Kier molecular flexibility index (Phi) is 3.80. The summed E-state index contributed by atoms with van der Waals surface area (Å²) < 4.78 is 8.41. The van der Waals surface area contributed by atoms with Gasteiger partial charge in [-0.05, 0) is 37.3 Å². The Balaban J connectivity index is 1.92. The molecule has 0 radical (unpaired) electrons. The second-order valence-electron chi connectivity index (χ2n) is 6.68. The van der Waals surface area contributed by atoms with Crippen molar-refractivity contribution in [3.05, 3.63) is 45.4 Å². The van der Waals surface area contributed by atoms with E-state index in [1.807, 2.05) is 30.7 Å². The van der Waals surface area contributed by atoms with Crippen LogP contribution in [0.25, 0.3) is 11.0 Å². The average molecular weight is 355 g/mol. The molecule has 2 aromatic heterocycles. The number of nitrogens with zero attached hydrogens (tertiary/aromatic N) is 3. The normalized spacial score (nSPS) is 16.6. The topological polar surface area (TPSA) is 47.4 Å². The van der Waals surface area contributed by atoms with Gasteiger partial charge in [0.15, 0.2) is 5.75 Å². The van der Waals surface area contributed by atoms with Crippen LogP contribution in [0.1, 0.15) is 39.1 Å². The maximum atomic E-state index is 12.7. The number of imidazole rings is 1. The van der Waals surface area contributed by atoms with Crippen molar-refractivity contribution in [3.8, 4) is 5.75 Å². The molecule has 0 fully saturated rings. The lowest BCUT2D eigenvalue weighted by Crippen LogP contribution is -2.25. The standard InChI is InChI=1S/C19H21N3O2S/c1-11-20-17-14(22(11)4)10-13(19(23)21(2)3)12-7-8-15(24-18(12)17)16-6-5-9-25-16/h5-6,9-10,15H,7-8H2,1-4H3/t15-/m0/s1. The van der Waals surface area contributed by atoms with E-state index in [-0.39, 0.29) is 12.0 Å². The van der Waals surface area contributed by atoms with E-state index in [0.717, 1.165) is 46.6 Å². The monoisotopic (exact) mass is 355 g/mol. The number of aryl methyl sites for hydroxylation is 2. The number of carbonyl (C=O) groups excluding carboxylic acids is 1. The van der Waals surface area contributed by atoms with Gasteiger partial charge in [0.25, 0.3) is 5.91 Å². The van der Waals surface area contributed by atoms with E-state index in [1.54, 1.807) is 30.3 Å². The van der Waals surface area contributed by atoms with E-state index in [2.05, 4.69) is 11.4 Å². The number of aromatic nitrogens is 2. The summed E-state index contributed by atoms with van der Waals surface area (Å²) in [5.41, 5.74) is 3.50. The summed E-state index contributed by atoms with van der Waals surface area (Å²) in [4.78, 5) is 20.3. The summed E-state index contributed by atoms with van der Waals surface area (Å²) in [6.45, 7) is 1.97. The fourth-order valence-electron chi connectivity index (χ4n) is 3.41. The van der Waals surface area contributed by atoms with Crippen LogP contribution in [0.2, 0.25) is 0 Å². The third kappa shape index (κ3) is 2.52. The molecular formula is C19H21N3O2S. The molecule has 0 bridgehead atoms. The van der Waals surface area contributed by atoms with E-state index in [9.17, 15) is 4.79 Å². The van der Waals surface area contributed by atoms with Gasteiger partial charge in [-0.25, -0.2) is 4.98 Å². The van der Waals surface area contributed by atoms with Gasteiger partial charge < -0.3 is 14.2 Å². The summed E-state index contributed by atoms with van der Waals surface area (Å²) in [6.07, 6.45) is 1.72. The molecule has 0 saturated heterocycles. The largest absolute Gasteiger partial charge is 0.482 e. The van der Waals surface area contributed by atoms with Gasteiger partial charge in [-0.15, -0.1) is 11.3 Å². The van der Waals surface area contributed by atoms with Crippen LogP contribution in [0.3, 0.4) is 0 Å². The van der Waals surface area contributed by atoms with Gasteiger partial charge in [0.05, 0.1) is 5.52 Å². The Bertz CT molecular complexity index is 957. The number of ether oxygens (including phenoxy) is 1. The third-order valence-corrected chi connectivity index (χ3v) is 5.84. The minimum atomic E-state index is 0.00942. The predicted octanol–water partition coefficient (Wildman–Crippen LogP) is 3.71. The molecule has 4 rings (SSSR count). The highest BCUT2D eigenvalue weighted by Gasteiger charge is 2.30. The Morgan fingerprint density at radius 2 is 2.24 bits per heavy atom. The number of fused-ring (bicyclic) bond motifs is 3. The molecule has 0 N–H and O–H groups in total. The number of hydrogen-bond acceptors (Lipinski definition) is 4. The summed E-state index contributed by atoms with van der Waals surface area (Å²) >= 11 is 1.71. The van der Waals surface area contributed by atoms with Crippen LogP contribution in [-0.4, -0.2) is 34.5 Å². The van der Waals surface area contributed by atoms with E-state index >= 15 is 0 Å². The maximum Gasteiger partial charge on any atom is 0.253 e. The van der Waals surface area contributed by atoms with Crippen LogP contribution in [0.4, 0.5) is 0 Å². The number of carbonyl (C=O) groups is 1. The first-order chi connectivity index (χ1) is 12.0. The summed E-state index contributed by atoms with van der Waals surface area (Å²) in [5.74, 6) is 1.69. The molecule has 5 nitrogen and oxygen atoms in total. The molecule has 3 heterocycles. The summed E-state index contributed by atoms with van der Waals surface area (Å²) in [7, 11) is 5.54. The lowest BCUT2D eigenvalue weighted by atomic mass is 9.95.